The monoisotopic (exact) mass is 383 g/mol. The molecule has 0 aliphatic heterocycles. The molecule has 3 aromatic rings. The highest BCUT2D eigenvalue weighted by atomic mass is 35.5. The van der Waals surface area contributed by atoms with Gasteiger partial charge in [-0.1, -0.05) is 30.3 Å². The Labute approximate surface area is 163 Å². The maximum atomic E-state index is 13.5. The number of rotatable bonds is 6. The molecule has 5 heteroatoms. The molecule has 1 amide bonds. The van der Waals surface area contributed by atoms with Crippen molar-refractivity contribution in [3.63, 3.8) is 0 Å². The number of alkyl halides is 1. The molecule has 0 aromatic heterocycles. The first-order chi connectivity index (χ1) is 13.1. The lowest BCUT2D eigenvalue weighted by molar-refractivity contribution is -0.116. The van der Waals surface area contributed by atoms with E-state index in [0.717, 1.165) is 11.3 Å². The van der Waals surface area contributed by atoms with Gasteiger partial charge in [-0.15, -0.1) is 11.6 Å². The smallest absolute Gasteiger partial charge is 0.242 e. The van der Waals surface area contributed by atoms with Gasteiger partial charge in [-0.05, 0) is 60.5 Å². The zero-order valence-corrected chi connectivity index (χ0v) is 15.6. The van der Waals surface area contributed by atoms with Crippen LogP contribution in [0.4, 0.5) is 10.1 Å². The number of para-hydroxylation sites is 1. The van der Waals surface area contributed by atoms with Gasteiger partial charge >= 0.3 is 0 Å². The summed E-state index contributed by atoms with van der Waals surface area (Å²) in [5, 5.41) is 0. The number of benzene rings is 3. The van der Waals surface area contributed by atoms with Crippen molar-refractivity contribution in [2.24, 2.45) is 0 Å². The molecule has 0 unspecified atom stereocenters. The van der Waals surface area contributed by atoms with E-state index in [1.54, 1.807) is 23.1 Å². The van der Waals surface area contributed by atoms with E-state index < -0.39 is 0 Å². The Kier molecular flexibility index (Phi) is 6.09. The second kappa shape index (κ2) is 8.69. The van der Waals surface area contributed by atoms with Crippen molar-refractivity contribution in [2.75, 3.05) is 10.8 Å². The molecule has 0 saturated heterocycles. The van der Waals surface area contributed by atoms with E-state index in [1.807, 2.05) is 49.4 Å². The van der Waals surface area contributed by atoms with Crippen LogP contribution in [0.15, 0.2) is 72.8 Å². The number of hydrogen-bond acceptors (Lipinski definition) is 2. The summed E-state index contributed by atoms with van der Waals surface area (Å²) < 4.78 is 19.4. The summed E-state index contributed by atoms with van der Waals surface area (Å²) in [4.78, 5) is 13.9. The summed E-state index contributed by atoms with van der Waals surface area (Å²) in [6, 6.07) is 21.1. The molecule has 0 heterocycles. The molecule has 0 spiro atoms. The number of carbonyl (C=O) groups is 1. The molecular formula is C22H19ClFNO2. The van der Waals surface area contributed by atoms with Gasteiger partial charge < -0.3 is 9.64 Å². The van der Waals surface area contributed by atoms with Gasteiger partial charge in [0.25, 0.3) is 0 Å². The topological polar surface area (TPSA) is 29.5 Å². The summed E-state index contributed by atoms with van der Waals surface area (Å²) >= 11 is 5.78. The molecule has 3 nitrogen and oxygen atoms in total. The lowest BCUT2D eigenvalue weighted by Crippen LogP contribution is -2.31. The van der Waals surface area contributed by atoms with Crippen molar-refractivity contribution in [3.05, 3.63) is 89.7 Å². The minimum absolute atomic E-state index is 0.156. The van der Waals surface area contributed by atoms with E-state index in [2.05, 4.69) is 0 Å². The van der Waals surface area contributed by atoms with Gasteiger partial charge in [0.1, 0.15) is 23.2 Å². The normalized spacial score (nSPS) is 10.5. The van der Waals surface area contributed by atoms with Crippen molar-refractivity contribution < 1.29 is 13.9 Å². The van der Waals surface area contributed by atoms with Crippen LogP contribution in [0.2, 0.25) is 0 Å². The van der Waals surface area contributed by atoms with Gasteiger partial charge in [-0.3, -0.25) is 4.79 Å². The van der Waals surface area contributed by atoms with Gasteiger partial charge in [0.15, 0.2) is 0 Å². The highest BCUT2D eigenvalue weighted by Gasteiger charge is 2.17. The van der Waals surface area contributed by atoms with E-state index in [1.165, 1.54) is 12.1 Å². The van der Waals surface area contributed by atoms with Gasteiger partial charge in [0.2, 0.25) is 5.91 Å². The van der Waals surface area contributed by atoms with E-state index in [9.17, 15) is 9.18 Å². The number of halogens is 2. The minimum atomic E-state index is -0.339. The number of carbonyl (C=O) groups excluding carboxylic acids is 1. The standard InChI is InChI=1S/C22H19ClFNO2/c1-16-12-19(10-11-21(16)27-20-8-3-2-4-9-20)25(22(26)14-23)15-17-6-5-7-18(24)13-17/h2-13H,14-15H2,1H3. The van der Waals surface area contributed by atoms with Crippen molar-refractivity contribution in [1.82, 2.24) is 0 Å². The molecule has 27 heavy (non-hydrogen) atoms. The molecule has 138 valence electrons. The minimum Gasteiger partial charge on any atom is -0.457 e. The molecule has 0 fully saturated rings. The van der Waals surface area contributed by atoms with Crippen LogP contribution in [0.1, 0.15) is 11.1 Å². The van der Waals surface area contributed by atoms with Crippen LogP contribution in [-0.4, -0.2) is 11.8 Å². The number of anilines is 1. The molecule has 3 rings (SSSR count). The van der Waals surface area contributed by atoms with Gasteiger partial charge in [-0.25, -0.2) is 4.39 Å². The largest absolute Gasteiger partial charge is 0.457 e. The number of hydrogen-bond donors (Lipinski definition) is 0. The van der Waals surface area contributed by atoms with Crippen molar-refractivity contribution in [2.45, 2.75) is 13.5 Å². The number of amides is 1. The molecule has 0 atom stereocenters. The second-order valence-electron chi connectivity index (χ2n) is 6.11. The molecule has 3 aromatic carbocycles. The average Bonchev–Trinajstić information content (AvgIpc) is 2.68. The quantitative estimate of drug-likeness (QED) is 0.511. The van der Waals surface area contributed by atoms with Gasteiger partial charge in [-0.2, -0.15) is 0 Å². The van der Waals surface area contributed by atoms with Crippen LogP contribution in [0, 0.1) is 12.7 Å². The summed E-state index contributed by atoms with van der Waals surface area (Å²) in [6.45, 7) is 2.15. The molecule has 0 N–H and O–H groups in total. The molecule has 0 aliphatic carbocycles. The summed E-state index contributed by atoms with van der Waals surface area (Å²) in [7, 11) is 0. The SMILES string of the molecule is Cc1cc(N(Cc2cccc(F)c2)C(=O)CCl)ccc1Oc1ccccc1. The fraction of sp³-hybridized carbons (Fsp3) is 0.136. The predicted molar refractivity (Wildman–Crippen MR) is 106 cm³/mol. The first-order valence-corrected chi connectivity index (χ1v) is 9.04. The van der Waals surface area contributed by atoms with E-state index >= 15 is 0 Å². The predicted octanol–water partition coefficient (Wildman–Crippen LogP) is 5.70. The Balaban J connectivity index is 1.86. The third-order valence-electron chi connectivity index (χ3n) is 4.09. The first-order valence-electron chi connectivity index (χ1n) is 8.51. The van der Waals surface area contributed by atoms with Crippen LogP contribution < -0.4 is 9.64 Å². The van der Waals surface area contributed by atoms with E-state index in [-0.39, 0.29) is 24.1 Å². The summed E-state index contributed by atoms with van der Waals surface area (Å²) in [5.41, 5.74) is 2.25. The van der Waals surface area contributed by atoms with Crippen LogP contribution >= 0.6 is 11.6 Å². The zero-order chi connectivity index (χ0) is 19.2. The van der Waals surface area contributed by atoms with Crippen LogP contribution in [0.3, 0.4) is 0 Å². The molecule has 0 bridgehead atoms. The zero-order valence-electron chi connectivity index (χ0n) is 14.9. The first kappa shape index (κ1) is 18.9. The maximum absolute atomic E-state index is 13.5. The summed E-state index contributed by atoms with van der Waals surface area (Å²) in [5.74, 6) is 0.692. The number of ether oxygens (including phenoxy) is 1. The van der Waals surface area contributed by atoms with E-state index in [0.29, 0.717) is 17.0 Å². The Morgan fingerprint density at radius 1 is 1.04 bits per heavy atom. The lowest BCUT2D eigenvalue weighted by atomic mass is 10.1. The second-order valence-corrected chi connectivity index (χ2v) is 6.38. The highest BCUT2D eigenvalue weighted by molar-refractivity contribution is 6.29. The van der Waals surface area contributed by atoms with Crippen molar-refractivity contribution >= 4 is 23.2 Å². The summed E-state index contributed by atoms with van der Waals surface area (Å²) in [6.07, 6.45) is 0. The third kappa shape index (κ3) is 4.86. The number of nitrogens with zero attached hydrogens (tertiary/aromatic N) is 1. The lowest BCUT2D eigenvalue weighted by Gasteiger charge is -2.23. The van der Waals surface area contributed by atoms with Crippen molar-refractivity contribution in [1.29, 1.82) is 0 Å². The molecule has 0 aliphatic rings. The molecular weight excluding hydrogens is 365 g/mol. The Morgan fingerprint density at radius 2 is 1.81 bits per heavy atom. The Morgan fingerprint density at radius 3 is 2.48 bits per heavy atom. The highest BCUT2D eigenvalue weighted by Crippen LogP contribution is 2.29. The fourth-order valence-corrected chi connectivity index (χ4v) is 2.89. The van der Waals surface area contributed by atoms with Crippen LogP contribution in [0.25, 0.3) is 0 Å². The molecule has 0 saturated carbocycles. The molecule has 0 radical (unpaired) electrons. The average molecular weight is 384 g/mol. The van der Waals surface area contributed by atoms with Crippen LogP contribution in [-0.2, 0) is 11.3 Å². The Hall–Kier alpha value is -2.85. The van der Waals surface area contributed by atoms with Crippen molar-refractivity contribution in [3.8, 4) is 11.5 Å². The Bertz CT molecular complexity index is 931. The van der Waals surface area contributed by atoms with E-state index in [4.69, 9.17) is 16.3 Å². The van der Waals surface area contributed by atoms with Gasteiger partial charge in [0, 0.05) is 5.69 Å². The maximum Gasteiger partial charge on any atom is 0.242 e. The number of aryl methyl sites for hydroxylation is 1. The van der Waals surface area contributed by atoms with Gasteiger partial charge in [0.05, 0.1) is 6.54 Å². The van der Waals surface area contributed by atoms with Crippen LogP contribution in [0.5, 0.6) is 11.5 Å². The fourth-order valence-electron chi connectivity index (χ4n) is 2.74. The third-order valence-corrected chi connectivity index (χ3v) is 4.31.